The fourth-order valence-electron chi connectivity index (χ4n) is 4.75. The lowest BCUT2D eigenvalue weighted by atomic mass is 10.1. The van der Waals surface area contributed by atoms with Gasteiger partial charge in [0.25, 0.3) is 0 Å². The van der Waals surface area contributed by atoms with Crippen LogP contribution in [-0.2, 0) is 21.2 Å². The Balaban J connectivity index is 1.46. The van der Waals surface area contributed by atoms with Gasteiger partial charge < -0.3 is 10.2 Å². The zero-order valence-electron chi connectivity index (χ0n) is 18.2. The molecule has 0 unspecified atom stereocenters. The molecule has 8 heteroatoms. The lowest BCUT2D eigenvalue weighted by Gasteiger charge is -2.27. The Kier molecular flexibility index (Phi) is 7.05. The summed E-state index contributed by atoms with van der Waals surface area (Å²) < 4.78 is 25.5. The molecule has 32 heavy (non-hydrogen) atoms. The molecule has 0 spiro atoms. The highest BCUT2D eigenvalue weighted by molar-refractivity contribution is 7.93. The summed E-state index contributed by atoms with van der Waals surface area (Å²) in [5.41, 5.74) is 0.856. The van der Waals surface area contributed by atoms with E-state index < -0.39 is 20.5 Å². The van der Waals surface area contributed by atoms with Crippen molar-refractivity contribution in [2.75, 3.05) is 18.0 Å². The van der Waals surface area contributed by atoms with Crippen molar-refractivity contribution in [3.8, 4) is 0 Å². The van der Waals surface area contributed by atoms with Crippen LogP contribution in [-0.4, -0.2) is 37.1 Å². The Morgan fingerprint density at radius 3 is 2.22 bits per heavy atom. The highest BCUT2D eigenvalue weighted by Gasteiger charge is 2.52. The first kappa shape index (κ1) is 23.1. The topological polar surface area (TPSA) is 79.4 Å². The summed E-state index contributed by atoms with van der Waals surface area (Å²) in [6, 6.07) is 10.0. The molecule has 1 saturated heterocycles. The molecule has 1 amide bonds. The van der Waals surface area contributed by atoms with Gasteiger partial charge in [0.15, 0.2) is 14.6 Å². The average Bonchev–Trinajstić information content (AvgIpc) is 3.16. The van der Waals surface area contributed by atoms with Crippen molar-refractivity contribution >= 4 is 33.2 Å². The molecule has 0 atom stereocenters. The van der Waals surface area contributed by atoms with Gasteiger partial charge in [0, 0.05) is 30.9 Å². The molecule has 1 N–H and O–H groups in total. The number of rotatable bonds is 6. The number of nitrogens with zero attached hydrogens (tertiary/aromatic N) is 2. The second-order valence-corrected chi connectivity index (χ2v) is 11.5. The van der Waals surface area contributed by atoms with Crippen LogP contribution in [0.5, 0.6) is 0 Å². The molecule has 1 aliphatic heterocycles. The second kappa shape index (κ2) is 9.79. The van der Waals surface area contributed by atoms with Gasteiger partial charge in [-0.1, -0.05) is 43.4 Å². The molecule has 1 saturated carbocycles. The maximum Gasteiger partial charge on any atom is 0.242 e. The molecule has 1 aromatic heterocycles. The van der Waals surface area contributed by atoms with E-state index >= 15 is 0 Å². The number of aromatic nitrogens is 1. The van der Waals surface area contributed by atoms with Gasteiger partial charge in [0.05, 0.1) is 4.90 Å². The van der Waals surface area contributed by atoms with Crippen LogP contribution >= 0.6 is 11.6 Å². The Labute approximate surface area is 195 Å². The van der Waals surface area contributed by atoms with Crippen molar-refractivity contribution in [3.63, 3.8) is 0 Å². The smallest absolute Gasteiger partial charge is 0.242 e. The summed E-state index contributed by atoms with van der Waals surface area (Å²) in [6.07, 6.45) is 8.76. The van der Waals surface area contributed by atoms with Gasteiger partial charge in [-0.25, -0.2) is 13.4 Å². The number of anilines is 1. The number of amides is 1. The third-order valence-electron chi connectivity index (χ3n) is 6.66. The van der Waals surface area contributed by atoms with Gasteiger partial charge in [0.2, 0.25) is 5.91 Å². The summed E-state index contributed by atoms with van der Waals surface area (Å²) in [4.78, 5) is 20.3. The zero-order chi connectivity index (χ0) is 22.6. The molecule has 2 aromatic rings. The standard InChI is InChI=1S/C24H30ClN3O3S/c25-20-8-10-21(11-9-20)32(30,31)24(13-3-4-14-24)23(29)27-18-19-7-12-22(26-17-19)28-15-5-1-2-6-16-28/h7-12,17H,1-6,13-16,18H2,(H,27,29). The van der Waals surface area contributed by atoms with E-state index in [4.69, 9.17) is 11.6 Å². The minimum absolute atomic E-state index is 0.141. The van der Waals surface area contributed by atoms with E-state index in [0.717, 1.165) is 24.5 Å². The molecule has 2 fully saturated rings. The molecule has 4 rings (SSSR count). The molecular formula is C24H30ClN3O3S. The molecule has 2 heterocycles. The first-order chi connectivity index (χ1) is 15.4. The van der Waals surface area contributed by atoms with E-state index in [1.165, 1.54) is 37.8 Å². The van der Waals surface area contributed by atoms with Gasteiger partial charge in [-0.15, -0.1) is 0 Å². The molecule has 172 valence electrons. The Morgan fingerprint density at radius 1 is 0.969 bits per heavy atom. The van der Waals surface area contributed by atoms with Gasteiger partial charge in [0.1, 0.15) is 5.82 Å². The SMILES string of the molecule is O=C(NCc1ccc(N2CCCCCC2)nc1)C1(S(=O)(=O)c2ccc(Cl)cc2)CCCC1. The summed E-state index contributed by atoms with van der Waals surface area (Å²) in [7, 11) is -3.84. The van der Waals surface area contributed by atoms with Crippen molar-refractivity contribution in [2.45, 2.75) is 67.6 Å². The van der Waals surface area contributed by atoms with Crippen LogP contribution in [0, 0.1) is 0 Å². The van der Waals surface area contributed by atoms with Gasteiger partial charge in [-0.2, -0.15) is 0 Å². The van der Waals surface area contributed by atoms with Crippen LogP contribution in [0.1, 0.15) is 56.9 Å². The first-order valence-electron chi connectivity index (χ1n) is 11.4. The Morgan fingerprint density at radius 2 is 1.62 bits per heavy atom. The fraction of sp³-hybridized carbons (Fsp3) is 0.500. The van der Waals surface area contributed by atoms with Crippen molar-refractivity contribution in [1.82, 2.24) is 10.3 Å². The predicted molar refractivity (Wildman–Crippen MR) is 127 cm³/mol. The number of pyridine rings is 1. The quantitative estimate of drug-likeness (QED) is 0.664. The highest BCUT2D eigenvalue weighted by Crippen LogP contribution is 2.41. The number of halogens is 1. The second-order valence-electron chi connectivity index (χ2n) is 8.77. The summed E-state index contributed by atoms with van der Waals surface area (Å²) in [5.74, 6) is 0.529. The molecule has 2 aliphatic rings. The van der Waals surface area contributed by atoms with Crippen molar-refractivity contribution in [1.29, 1.82) is 0 Å². The van der Waals surface area contributed by atoms with E-state index in [-0.39, 0.29) is 11.4 Å². The average molecular weight is 476 g/mol. The largest absolute Gasteiger partial charge is 0.357 e. The van der Waals surface area contributed by atoms with Crippen LogP contribution in [0.3, 0.4) is 0 Å². The van der Waals surface area contributed by atoms with E-state index in [1.807, 2.05) is 12.1 Å². The third kappa shape index (κ3) is 4.64. The molecule has 1 aliphatic carbocycles. The maximum atomic E-state index is 13.4. The van der Waals surface area contributed by atoms with E-state index in [2.05, 4.69) is 15.2 Å². The number of sulfone groups is 1. The number of hydrogen-bond acceptors (Lipinski definition) is 5. The first-order valence-corrected chi connectivity index (χ1v) is 13.3. The van der Waals surface area contributed by atoms with Gasteiger partial charge >= 0.3 is 0 Å². The summed E-state index contributed by atoms with van der Waals surface area (Å²) in [5, 5.41) is 3.34. The van der Waals surface area contributed by atoms with E-state index in [0.29, 0.717) is 30.7 Å². The third-order valence-corrected chi connectivity index (χ3v) is 9.42. The van der Waals surface area contributed by atoms with Crippen LogP contribution in [0.4, 0.5) is 5.82 Å². The fourth-order valence-corrected chi connectivity index (χ4v) is 6.97. The molecule has 0 bridgehead atoms. The van der Waals surface area contributed by atoms with Crippen LogP contribution < -0.4 is 10.2 Å². The van der Waals surface area contributed by atoms with Crippen molar-refractivity contribution in [2.24, 2.45) is 0 Å². The number of hydrogen-bond donors (Lipinski definition) is 1. The summed E-state index contributed by atoms with van der Waals surface area (Å²) >= 11 is 5.92. The monoisotopic (exact) mass is 475 g/mol. The van der Waals surface area contributed by atoms with Crippen LogP contribution in [0.2, 0.25) is 5.02 Å². The normalized spacial score (nSPS) is 18.8. The van der Waals surface area contributed by atoms with Crippen LogP contribution in [0.15, 0.2) is 47.5 Å². The molecular weight excluding hydrogens is 446 g/mol. The van der Waals surface area contributed by atoms with E-state index in [9.17, 15) is 13.2 Å². The van der Waals surface area contributed by atoms with Gasteiger partial charge in [-0.05, 0) is 61.6 Å². The Bertz CT molecular complexity index is 1030. The van der Waals surface area contributed by atoms with Crippen molar-refractivity contribution < 1.29 is 13.2 Å². The van der Waals surface area contributed by atoms with Gasteiger partial charge in [-0.3, -0.25) is 4.79 Å². The number of nitrogens with one attached hydrogen (secondary N) is 1. The number of carbonyl (C=O) groups is 1. The molecule has 1 aromatic carbocycles. The summed E-state index contributed by atoms with van der Waals surface area (Å²) in [6.45, 7) is 2.30. The lowest BCUT2D eigenvalue weighted by Crippen LogP contribution is -2.50. The lowest BCUT2D eigenvalue weighted by molar-refractivity contribution is -0.123. The number of carbonyl (C=O) groups excluding carboxylic acids is 1. The van der Waals surface area contributed by atoms with Crippen LogP contribution in [0.25, 0.3) is 0 Å². The minimum Gasteiger partial charge on any atom is -0.357 e. The molecule has 6 nitrogen and oxygen atoms in total. The Hall–Kier alpha value is -2.12. The predicted octanol–water partition coefficient (Wildman–Crippen LogP) is 4.52. The van der Waals surface area contributed by atoms with E-state index in [1.54, 1.807) is 18.3 Å². The number of benzene rings is 1. The zero-order valence-corrected chi connectivity index (χ0v) is 19.8. The van der Waals surface area contributed by atoms with Crippen molar-refractivity contribution in [3.05, 3.63) is 53.2 Å². The maximum absolute atomic E-state index is 13.4. The minimum atomic E-state index is -3.84. The molecule has 0 radical (unpaired) electrons. The highest BCUT2D eigenvalue weighted by atomic mass is 35.5.